The van der Waals surface area contributed by atoms with E-state index >= 15 is 0 Å². The zero-order chi connectivity index (χ0) is 56.2. The van der Waals surface area contributed by atoms with Crippen LogP contribution in [0.25, 0.3) is 22.3 Å². The van der Waals surface area contributed by atoms with Crippen molar-refractivity contribution in [1.29, 1.82) is 0 Å². The molecule has 9 rings (SSSR count). The van der Waals surface area contributed by atoms with Gasteiger partial charge in [-0.1, -0.05) is 60.7 Å². The lowest BCUT2D eigenvalue weighted by Gasteiger charge is -2.23. The molecule has 78 heavy (non-hydrogen) atoms. The molecule has 2 fully saturated rings. The fourth-order valence-corrected chi connectivity index (χ4v) is 13.1. The van der Waals surface area contributed by atoms with Crippen LogP contribution in [0.1, 0.15) is 128 Å². The third kappa shape index (κ3) is 15.3. The average Bonchev–Trinajstić information content (AvgIpc) is 3.82. The molecule has 2 aliphatic heterocycles. The lowest BCUT2D eigenvalue weighted by Crippen LogP contribution is -2.40. The summed E-state index contributed by atoms with van der Waals surface area (Å²) in [7, 11) is -7.17. The van der Waals surface area contributed by atoms with Crippen molar-refractivity contribution in [2.75, 3.05) is 24.7 Å². The van der Waals surface area contributed by atoms with Gasteiger partial charge in [0.2, 0.25) is 37.7 Å². The summed E-state index contributed by atoms with van der Waals surface area (Å²) in [5.74, 6) is 0.874. The van der Waals surface area contributed by atoms with Crippen LogP contribution in [0.2, 0.25) is 0 Å². The minimum Gasteiger partial charge on any atom is -0.493 e. The molecule has 0 saturated carbocycles. The van der Waals surface area contributed by atoms with Crippen molar-refractivity contribution in [1.82, 2.24) is 14.4 Å². The number of benzene rings is 5. The van der Waals surface area contributed by atoms with Gasteiger partial charge in [-0.15, -0.1) is 0 Å². The maximum Gasteiger partial charge on any atom is 0.235 e. The van der Waals surface area contributed by atoms with Gasteiger partial charge >= 0.3 is 0 Å². The normalized spacial score (nSPS) is 18.6. The highest BCUT2D eigenvalue weighted by molar-refractivity contribution is 7.90. The first-order chi connectivity index (χ1) is 36.8. The molecule has 1 aromatic heterocycles. The van der Waals surface area contributed by atoms with Crippen LogP contribution in [0.3, 0.4) is 0 Å². The van der Waals surface area contributed by atoms with E-state index in [0.717, 1.165) is 74.5 Å². The number of pyridine rings is 1. The second-order valence-corrected chi connectivity index (χ2v) is 25.6. The van der Waals surface area contributed by atoms with Crippen molar-refractivity contribution in [2.24, 2.45) is 0 Å². The number of sulfonamides is 2. The lowest BCUT2D eigenvalue weighted by molar-refractivity contribution is -0.120. The van der Waals surface area contributed by atoms with Gasteiger partial charge in [0, 0.05) is 54.8 Å². The summed E-state index contributed by atoms with van der Waals surface area (Å²) in [6.45, 7) is 16.5. The Morgan fingerprint density at radius 2 is 1.15 bits per heavy atom. The first kappa shape index (κ1) is 57.4. The summed E-state index contributed by atoms with van der Waals surface area (Å²) >= 11 is 0. The molecule has 0 radical (unpaired) electrons. The molecular weight excluding hydrogens is 1030 g/mol. The highest BCUT2D eigenvalue weighted by Crippen LogP contribution is 2.43. The maximum absolute atomic E-state index is 12.0. The zero-order valence-corrected chi connectivity index (χ0v) is 47.3. The standard InChI is InChI=1S/C32H37NO6S.C29H34N2O6S/c1-20-16-25(38-15-14-32(3,4)35)17-21(2)31(20)28-7-5-6-27-26(28)12-13-29(27)39-24-10-8-22(9-11-24)23-18-30(34)33-40(36,37)19-23;1-19-14-27(36-13-12-29(3,4)33)30-20(2)28(19)23-7-5-6-21(15-23)17-37-25-10-8-22(9-11-25)24-16-26(32)31-38(34,35)18-24/h5-11,16-17,23,29,35H,12-15,18-19H2,1-4H3,(H,33,34);5-11,14-15,24,33H,12-13,16-18H2,1-4H3,(H,31,32)/t23?,29-;/m1./s1. The van der Waals surface area contributed by atoms with Crippen LogP contribution >= 0.6 is 0 Å². The molecular formula is C61H71N3O12S2. The van der Waals surface area contributed by atoms with Gasteiger partial charge in [0.15, 0.2) is 0 Å². The molecule has 17 heteroatoms. The number of carbonyl (C=O) groups excluding carboxylic acids is 2. The van der Waals surface area contributed by atoms with E-state index in [-0.39, 0.29) is 42.3 Å². The Labute approximate surface area is 458 Å². The van der Waals surface area contributed by atoms with Crippen LogP contribution in [0.15, 0.2) is 109 Å². The average molecular weight is 1100 g/mol. The van der Waals surface area contributed by atoms with Crippen LogP contribution in [0.5, 0.6) is 23.1 Å². The second-order valence-electron chi connectivity index (χ2n) is 22.1. The summed E-state index contributed by atoms with van der Waals surface area (Å²) in [6, 6.07) is 35.2. The monoisotopic (exact) mass is 1100 g/mol. The molecule has 3 heterocycles. The van der Waals surface area contributed by atoms with Crippen molar-refractivity contribution in [2.45, 2.75) is 130 Å². The first-order valence-electron chi connectivity index (χ1n) is 26.3. The minimum absolute atomic E-state index is 0.0771. The van der Waals surface area contributed by atoms with Crippen LogP contribution in [0, 0.1) is 27.7 Å². The predicted octanol–water partition coefficient (Wildman–Crippen LogP) is 9.93. The number of rotatable bonds is 17. The number of nitrogens with zero attached hydrogens (tertiary/aromatic N) is 1. The molecule has 3 atom stereocenters. The summed E-state index contributed by atoms with van der Waals surface area (Å²) in [6.07, 6.45) is 3.07. The molecule has 2 unspecified atom stereocenters. The van der Waals surface area contributed by atoms with E-state index in [2.05, 4.69) is 60.0 Å². The van der Waals surface area contributed by atoms with E-state index in [1.807, 2.05) is 79.2 Å². The molecule has 1 aliphatic carbocycles. The van der Waals surface area contributed by atoms with E-state index in [1.165, 1.54) is 22.3 Å². The number of fused-ring (bicyclic) bond motifs is 1. The molecule has 4 N–H and O–H groups in total. The Hall–Kier alpha value is -6.79. The van der Waals surface area contributed by atoms with E-state index < -0.39 is 43.1 Å². The quantitative estimate of drug-likeness (QED) is 0.0670. The van der Waals surface area contributed by atoms with Gasteiger partial charge in [0.25, 0.3) is 0 Å². The van der Waals surface area contributed by atoms with Crippen molar-refractivity contribution >= 4 is 31.9 Å². The molecule has 15 nitrogen and oxygen atoms in total. The molecule has 414 valence electrons. The van der Waals surface area contributed by atoms with Crippen molar-refractivity contribution in [3.8, 4) is 45.4 Å². The predicted molar refractivity (Wildman–Crippen MR) is 301 cm³/mol. The van der Waals surface area contributed by atoms with Crippen LogP contribution in [0.4, 0.5) is 0 Å². The SMILES string of the molecule is Cc1cc(OCCC(C)(C)O)cc(C)c1-c1cccc2c1CC[C@H]2Oc1ccc(C2CC(=O)NS(=O)(=O)C2)cc1.Cc1cc(OCCC(C)(C)O)nc(C)c1-c1cccc(COc2ccc(C3CC(=O)NS(=O)(=O)C3)cc2)c1. The molecule has 0 bridgehead atoms. The van der Waals surface area contributed by atoms with Gasteiger partial charge in [-0.2, -0.15) is 0 Å². The van der Waals surface area contributed by atoms with Gasteiger partial charge < -0.3 is 29.2 Å². The Balaban J connectivity index is 0.000000206. The number of aryl methyl sites for hydroxylation is 4. The summed E-state index contributed by atoms with van der Waals surface area (Å²) in [5.41, 5.74) is 12.2. The van der Waals surface area contributed by atoms with E-state index in [0.29, 0.717) is 44.3 Å². The van der Waals surface area contributed by atoms with Gasteiger partial charge in [-0.05, 0) is 172 Å². The number of ether oxygens (including phenoxy) is 4. The van der Waals surface area contributed by atoms with Gasteiger partial charge in [0.1, 0.15) is 30.0 Å². The van der Waals surface area contributed by atoms with Crippen LogP contribution in [-0.2, 0) is 42.7 Å². The fraction of sp³-hybridized carbons (Fsp3) is 0.393. The topological polar surface area (TPSA) is 217 Å². The fourth-order valence-electron chi connectivity index (χ4n) is 10.4. The Morgan fingerprint density at radius 3 is 1.71 bits per heavy atom. The molecule has 2 saturated heterocycles. The Kier molecular flexibility index (Phi) is 17.4. The van der Waals surface area contributed by atoms with E-state index in [9.17, 15) is 36.6 Å². The number of carbonyl (C=O) groups is 2. The number of hydrogen-bond acceptors (Lipinski definition) is 13. The smallest absolute Gasteiger partial charge is 0.235 e. The van der Waals surface area contributed by atoms with Crippen LogP contribution in [-0.4, -0.2) is 79.8 Å². The van der Waals surface area contributed by atoms with Gasteiger partial charge in [-0.3, -0.25) is 19.0 Å². The number of aliphatic hydroxyl groups is 2. The molecule has 3 aliphatic rings. The zero-order valence-electron chi connectivity index (χ0n) is 45.6. The Bertz CT molecular complexity index is 3340. The number of hydrogen-bond donors (Lipinski definition) is 4. The van der Waals surface area contributed by atoms with Crippen molar-refractivity contribution in [3.63, 3.8) is 0 Å². The molecule has 0 spiro atoms. The summed E-state index contributed by atoms with van der Waals surface area (Å²) < 4.78 is 75.8. The first-order valence-corrected chi connectivity index (χ1v) is 29.6. The van der Waals surface area contributed by atoms with Crippen molar-refractivity contribution < 1.29 is 55.6 Å². The van der Waals surface area contributed by atoms with Gasteiger partial charge in [0.05, 0.1) is 35.9 Å². The largest absolute Gasteiger partial charge is 0.493 e. The summed E-state index contributed by atoms with van der Waals surface area (Å²) in [4.78, 5) is 28.1. The third-order valence-electron chi connectivity index (χ3n) is 14.2. The molecule has 5 aromatic carbocycles. The second kappa shape index (κ2) is 23.7. The molecule has 6 aromatic rings. The highest BCUT2D eigenvalue weighted by Gasteiger charge is 2.33. The van der Waals surface area contributed by atoms with Crippen molar-refractivity contribution in [3.05, 3.63) is 159 Å². The third-order valence-corrected chi connectivity index (χ3v) is 16.9. The summed E-state index contributed by atoms with van der Waals surface area (Å²) in [5, 5.41) is 19.9. The van der Waals surface area contributed by atoms with E-state index in [4.69, 9.17) is 18.9 Å². The maximum atomic E-state index is 12.0. The number of nitrogens with one attached hydrogen (secondary N) is 2. The highest BCUT2D eigenvalue weighted by atomic mass is 32.2. The molecule has 2 amide bonds. The number of aromatic nitrogens is 1. The Morgan fingerprint density at radius 1 is 0.615 bits per heavy atom. The van der Waals surface area contributed by atoms with Gasteiger partial charge in [-0.25, -0.2) is 21.8 Å². The number of amides is 2. The van der Waals surface area contributed by atoms with E-state index in [1.54, 1.807) is 39.8 Å². The minimum atomic E-state index is -3.58. The lowest BCUT2D eigenvalue weighted by atomic mass is 9.90. The van der Waals surface area contributed by atoms with Crippen LogP contribution < -0.4 is 28.4 Å².